The van der Waals surface area contributed by atoms with Crippen molar-refractivity contribution in [1.29, 1.82) is 0 Å². The molecule has 1 fully saturated rings. The van der Waals surface area contributed by atoms with Gasteiger partial charge < -0.3 is 14.5 Å². The molecule has 2 amide bonds. The summed E-state index contributed by atoms with van der Waals surface area (Å²) in [4.78, 5) is 29.7. The van der Waals surface area contributed by atoms with Crippen LogP contribution in [0, 0.1) is 5.82 Å². The van der Waals surface area contributed by atoms with Gasteiger partial charge >= 0.3 is 6.09 Å². The van der Waals surface area contributed by atoms with E-state index < -0.39 is 11.0 Å². The van der Waals surface area contributed by atoms with Gasteiger partial charge in [-0.1, -0.05) is 48.0 Å². The van der Waals surface area contributed by atoms with Crippen molar-refractivity contribution in [3.8, 4) is 0 Å². The summed E-state index contributed by atoms with van der Waals surface area (Å²) in [6.07, 6.45) is 1.07. The average molecular weight is 525 g/mol. The monoisotopic (exact) mass is 524 g/mol. The first-order valence-corrected chi connectivity index (χ1v) is 13.0. The number of benzene rings is 3. The van der Waals surface area contributed by atoms with Gasteiger partial charge in [0.15, 0.2) is 0 Å². The maximum Gasteiger partial charge on any atom is 0.410 e. The lowest BCUT2D eigenvalue weighted by Gasteiger charge is -2.42. The third kappa shape index (κ3) is 6.42. The van der Waals surface area contributed by atoms with Gasteiger partial charge in [0.1, 0.15) is 11.4 Å². The molecule has 0 atom stereocenters. The van der Waals surface area contributed by atoms with E-state index in [0.29, 0.717) is 37.5 Å². The lowest BCUT2D eigenvalue weighted by Crippen LogP contribution is -2.48. The highest BCUT2D eigenvalue weighted by atomic mass is 35.5. The summed E-state index contributed by atoms with van der Waals surface area (Å²) < 4.78 is 19.3. The number of likely N-dealkylation sites (tertiary alicyclic amines) is 1. The van der Waals surface area contributed by atoms with E-state index in [1.165, 1.54) is 12.1 Å². The van der Waals surface area contributed by atoms with E-state index in [1.54, 1.807) is 29.0 Å². The molecule has 0 spiro atoms. The second-order valence-corrected chi connectivity index (χ2v) is 11.4. The van der Waals surface area contributed by atoms with Gasteiger partial charge in [-0.15, -0.1) is 0 Å². The van der Waals surface area contributed by atoms with E-state index in [4.69, 9.17) is 16.3 Å². The maximum atomic E-state index is 13.7. The Balaban J connectivity index is 1.54. The van der Waals surface area contributed by atoms with Gasteiger partial charge in [0.2, 0.25) is 5.91 Å². The zero-order valence-electron chi connectivity index (χ0n) is 21.9. The highest BCUT2D eigenvalue weighted by Gasteiger charge is 2.40. The van der Waals surface area contributed by atoms with Gasteiger partial charge in [-0.2, -0.15) is 0 Å². The largest absolute Gasteiger partial charge is 0.444 e. The number of hydrogen-bond donors (Lipinski definition) is 0. The highest BCUT2D eigenvalue weighted by Crippen LogP contribution is 2.40. The molecule has 0 saturated carbocycles. The average Bonchev–Trinajstić information content (AvgIpc) is 2.83. The third-order valence-corrected chi connectivity index (χ3v) is 7.28. The maximum absolute atomic E-state index is 13.7. The van der Waals surface area contributed by atoms with Gasteiger partial charge in [0.25, 0.3) is 0 Å². The molecule has 1 heterocycles. The fraction of sp³-hybridized carbons (Fsp3) is 0.400. The molecule has 1 aliphatic rings. The van der Waals surface area contributed by atoms with Gasteiger partial charge in [-0.25, -0.2) is 9.18 Å². The van der Waals surface area contributed by atoms with E-state index >= 15 is 0 Å². The topological polar surface area (TPSA) is 49.9 Å². The minimum atomic E-state index is -0.578. The fourth-order valence-corrected chi connectivity index (χ4v) is 5.31. The zero-order valence-corrected chi connectivity index (χ0v) is 22.6. The second kappa shape index (κ2) is 10.7. The van der Waals surface area contributed by atoms with Crippen molar-refractivity contribution in [1.82, 2.24) is 9.80 Å². The van der Waals surface area contributed by atoms with E-state index in [1.807, 2.05) is 57.2 Å². The van der Waals surface area contributed by atoms with Gasteiger partial charge in [-0.05, 0) is 79.8 Å². The second-order valence-electron chi connectivity index (χ2n) is 11.0. The number of carbonyl (C=O) groups is 2. The number of rotatable bonds is 5. The molecule has 0 unspecified atom stereocenters. The number of amides is 2. The summed E-state index contributed by atoms with van der Waals surface area (Å²) in [5, 5.41) is 2.72. The Morgan fingerprint density at radius 3 is 2.35 bits per heavy atom. The van der Waals surface area contributed by atoms with Crippen LogP contribution in [-0.2, 0) is 21.5 Å². The number of hydrogen-bond acceptors (Lipinski definition) is 3. The Hall–Kier alpha value is -3.12. The first-order valence-electron chi connectivity index (χ1n) is 12.6. The fourth-order valence-electron chi connectivity index (χ4n) is 5.06. The van der Waals surface area contributed by atoms with Crippen LogP contribution in [0.15, 0.2) is 60.7 Å². The molecular formula is C30H34ClFN2O3. The first-order chi connectivity index (χ1) is 17.5. The molecule has 7 heteroatoms. The van der Waals surface area contributed by atoms with Crippen LogP contribution in [0.2, 0.25) is 5.02 Å². The van der Waals surface area contributed by atoms with Crippen LogP contribution in [0.25, 0.3) is 10.8 Å². The molecular weight excluding hydrogens is 491 g/mol. The van der Waals surface area contributed by atoms with Crippen LogP contribution < -0.4 is 0 Å². The predicted molar refractivity (Wildman–Crippen MR) is 145 cm³/mol. The van der Waals surface area contributed by atoms with Crippen molar-refractivity contribution in [2.45, 2.75) is 57.6 Å². The summed E-state index contributed by atoms with van der Waals surface area (Å²) in [7, 11) is 1.80. The van der Waals surface area contributed by atoms with E-state index in [9.17, 15) is 14.0 Å². The Labute approximate surface area is 223 Å². The summed E-state index contributed by atoms with van der Waals surface area (Å²) in [5.41, 5.74) is 0.807. The predicted octanol–water partition coefficient (Wildman–Crippen LogP) is 6.95. The smallest absolute Gasteiger partial charge is 0.410 e. The molecule has 196 valence electrons. The molecule has 0 aromatic heterocycles. The third-order valence-electron chi connectivity index (χ3n) is 7.06. The van der Waals surface area contributed by atoms with Crippen molar-refractivity contribution in [3.63, 3.8) is 0 Å². The molecule has 1 aliphatic heterocycles. The molecule has 0 bridgehead atoms. The summed E-state index contributed by atoms with van der Waals surface area (Å²) in [5.74, 6) is -0.333. The van der Waals surface area contributed by atoms with Crippen LogP contribution in [-0.4, -0.2) is 47.5 Å². The summed E-state index contributed by atoms with van der Waals surface area (Å²) in [6, 6.07) is 18.2. The van der Waals surface area contributed by atoms with E-state index in [0.717, 1.165) is 21.9 Å². The molecule has 4 rings (SSSR count). The van der Waals surface area contributed by atoms with Crippen LogP contribution in [0.1, 0.15) is 51.2 Å². The Morgan fingerprint density at radius 2 is 1.70 bits per heavy atom. The number of ether oxygens (including phenoxy) is 1. The standard InChI is InChI=1S/C30H34ClFN2O3/c1-29(2,3)37-28(36)34-15-13-30(14-16-34,23-9-11-25(32)12-10-23)19-27(35)33(4)20-22-18-24(31)17-21-7-5-6-8-26(21)22/h5-12,17-18H,13-16,19-20H2,1-4H3. The normalized spacial score (nSPS) is 15.5. The molecule has 0 radical (unpaired) electrons. The van der Waals surface area contributed by atoms with Crippen LogP contribution in [0.3, 0.4) is 0 Å². The Kier molecular flexibility index (Phi) is 7.79. The Bertz CT molecular complexity index is 1280. The van der Waals surface area contributed by atoms with Crippen LogP contribution >= 0.6 is 11.6 Å². The van der Waals surface area contributed by atoms with Crippen molar-refractivity contribution in [2.24, 2.45) is 0 Å². The van der Waals surface area contributed by atoms with Crippen molar-refractivity contribution >= 4 is 34.4 Å². The van der Waals surface area contributed by atoms with Gasteiger partial charge in [0.05, 0.1) is 0 Å². The van der Waals surface area contributed by atoms with E-state index in [-0.39, 0.29) is 24.2 Å². The van der Waals surface area contributed by atoms with Crippen LogP contribution in [0.5, 0.6) is 0 Å². The van der Waals surface area contributed by atoms with Crippen LogP contribution in [0.4, 0.5) is 9.18 Å². The lowest BCUT2D eigenvalue weighted by atomic mass is 9.70. The number of halogens is 2. The first kappa shape index (κ1) is 26.9. The van der Waals surface area contributed by atoms with Crippen molar-refractivity contribution in [3.05, 3.63) is 82.6 Å². The number of piperidine rings is 1. The molecule has 0 aliphatic carbocycles. The zero-order chi connectivity index (χ0) is 26.8. The minimum Gasteiger partial charge on any atom is -0.444 e. The molecule has 5 nitrogen and oxygen atoms in total. The summed E-state index contributed by atoms with van der Waals surface area (Å²) in [6.45, 7) is 6.87. The lowest BCUT2D eigenvalue weighted by molar-refractivity contribution is -0.132. The number of carbonyl (C=O) groups excluding carboxylic acids is 2. The Morgan fingerprint density at radius 1 is 1.05 bits per heavy atom. The molecule has 37 heavy (non-hydrogen) atoms. The molecule has 0 N–H and O–H groups in total. The highest BCUT2D eigenvalue weighted by molar-refractivity contribution is 6.31. The number of nitrogens with zero attached hydrogens (tertiary/aromatic N) is 2. The van der Waals surface area contributed by atoms with Crippen molar-refractivity contribution < 1.29 is 18.7 Å². The van der Waals surface area contributed by atoms with Crippen molar-refractivity contribution in [2.75, 3.05) is 20.1 Å². The SMILES string of the molecule is CN(Cc1cc(Cl)cc2ccccc12)C(=O)CC1(c2ccc(F)cc2)CCN(C(=O)OC(C)(C)C)CC1. The quantitative estimate of drug-likeness (QED) is 0.363. The molecule has 1 saturated heterocycles. The molecule has 3 aromatic rings. The van der Waals surface area contributed by atoms with Gasteiger partial charge in [-0.3, -0.25) is 4.79 Å². The number of fused-ring (bicyclic) bond motifs is 1. The van der Waals surface area contributed by atoms with E-state index in [2.05, 4.69) is 0 Å². The molecule has 3 aromatic carbocycles. The minimum absolute atomic E-state index is 0.0147. The van der Waals surface area contributed by atoms with Gasteiger partial charge in [0, 0.05) is 43.5 Å². The summed E-state index contributed by atoms with van der Waals surface area (Å²) >= 11 is 6.36.